The molecule has 2 aromatic rings. The fraction of sp³-hybridized carbons (Fsp3) is 0.435. The number of ether oxygens (including phenoxy) is 2. The predicted molar refractivity (Wildman–Crippen MR) is 114 cm³/mol. The van der Waals surface area contributed by atoms with Gasteiger partial charge in [0, 0.05) is 13.1 Å². The largest absolute Gasteiger partial charge is 0.497 e. The Morgan fingerprint density at radius 1 is 1.07 bits per heavy atom. The normalized spacial score (nSPS) is 13.4. The molecule has 2 atom stereocenters. The lowest BCUT2D eigenvalue weighted by Gasteiger charge is -2.27. The minimum atomic E-state index is -0.784. The molecule has 0 unspecified atom stereocenters. The number of hydrogen-bond donors (Lipinski definition) is 3. The van der Waals surface area contributed by atoms with Gasteiger partial charge in [0.1, 0.15) is 11.4 Å². The van der Waals surface area contributed by atoms with Crippen LogP contribution in [0.3, 0.4) is 0 Å². The molecule has 0 aromatic heterocycles. The predicted octanol–water partition coefficient (Wildman–Crippen LogP) is 3.28. The number of aliphatic hydroxyl groups is 1. The average Bonchev–Trinajstić information content (AvgIpc) is 2.67. The molecule has 3 N–H and O–H groups in total. The summed E-state index contributed by atoms with van der Waals surface area (Å²) in [6.45, 7) is 6.34. The number of benzene rings is 2. The fourth-order valence-corrected chi connectivity index (χ4v) is 2.90. The second kappa shape index (κ2) is 10.8. The Labute approximate surface area is 173 Å². The SMILES string of the molecule is COc1cccc(CNC[C@@H](O)[C@H](Cc2ccccc2)NC(=O)OC(C)(C)C)c1. The van der Waals surface area contributed by atoms with Crippen molar-refractivity contribution >= 4 is 6.09 Å². The lowest BCUT2D eigenvalue weighted by atomic mass is 10.0. The zero-order valence-electron chi connectivity index (χ0n) is 17.6. The highest BCUT2D eigenvalue weighted by molar-refractivity contribution is 5.68. The molecule has 0 radical (unpaired) electrons. The zero-order valence-corrected chi connectivity index (χ0v) is 17.6. The number of nitrogens with one attached hydrogen (secondary N) is 2. The van der Waals surface area contributed by atoms with Crippen LogP contribution in [0, 0.1) is 0 Å². The third kappa shape index (κ3) is 8.54. The minimum absolute atomic E-state index is 0.324. The maximum absolute atomic E-state index is 12.3. The van der Waals surface area contributed by atoms with Crippen LogP contribution in [-0.4, -0.2) is 42.6 Å². The van der Waals surface area contributed by atoms with Crippen molar-refractivity contribution in [3.63, 3.8) is 0 Å². The van der Waals surface area contributed by atoms with Crippen LogP contribution in [0.25, 0.3) is 0 Å². The Kier molecular flexibility index (Phi) is 8.49. The molecule has 0 aliphatic heterocycles. The van der Waals surface area contributed by atoms with E-state index in [4.69, 9.17) is 9.47 Å². The molecule has 0 heterocycles. The van der Waals surface area contributed by atoms with Gasteiger partial charge in [0.2, 0.25) is 0 Å². The van der Waals surface area contributed by atoms with Crippen LogP contribution < -0.4 is 15.4 Å². The molecule has 2 aromatic carbocycles. The molecule has 6 heteroatoms. The second-order valence-electron chi connectivity index (χ2n) is 7.99. The molecule has 0 saturated heterocycles. The van der Waals surface area contributed by atoms with E-state index >= 15 is 0 Å². The van der Waals surface area contributed by atoms with Crippen LogP contribution in [0.15, 0.2) is 54.6 Å². The first-order valence-corrected chi connectivity index (χ1v) is 9.82. The van der Waals surface area contributed by atoms with Crippen LogP contribution >= 0.6 is 0 Å². The number of carbonyl (C=O) groups is 1. The summed E-state index contributed by atoms with van der Waals surface area (Å²) in [7, 11) is 1.63. The molecule has 0 saturated carbocycles. The number of methoxy groups -OCH3 is 1. The van der Waals surface area contributed by atoms with E-state index in [0.717, 1.165) is 16.9 Å². The first-order valence-electron chi connectivity index (χ1n) is 9.82. The second-order valence-corrected chi connectivity index (χ2v) is 7.99. The van der Waals surface area contributed by atoms with E-state index in [1.54, 1.807) is 7.11 Å². The molecule has 0 aliphatic rings. The van der Waals surface area contributed by atoms with Gasteiger partial charge >= 0.3 is 6.09 Å². The number of amides is 1. The molecule has 0 spiro atoms. The van der Waals surface area contributed by atoms with E-state index in [2.05, 4.69) is 10.6 Å². The minimum Gasteiger partial charge on any atom is -0.497 e. The third-order valence-corrected chi connectivity index (χ3v) is 4.28. The Bertz CT molecular complexity index is 759. The molecule has 0 aliphatic carbocycles. The van der Waals surface area contributed by atoms with Crippen molar-refractivity contribution in [1.82, 2.24) is 10.6 Å². The van der Waals surface area contributed by atoms with Gasteiger partial charge in [0.15, 0.2) is 0 Å². The lowest BCUT2D eigenvalue weighted by Crippen LogP contribution is -2.49. The molecule has 0 bridgehead atoms. The number of carbonyl (C=O) groups excluding carboxylic acids is 1. The lowest BCUT2D eigenvalue weighted by molar-refractivity contribution is 0.0422. The van der Waals surface area contributed by atoms with Crippen molar-refractivity contribution in [2.75, 3.05) is 13.7 Å². The van der Waals surface area contributed by atoms with Crippen LogP contribution in [0.5, 0.6) is 5.75 Å². The summed E-state index contributed by atoms with van der Waals surface area (Å²) in [5.41, 5.74) is 1.48. The van der Waals surface area contributed by atoms with Crippen molar-refractivity contribution in [3.8, 4) is 5.75 Å². The average molecular weight is 401 g/mol. The van der Waals surface area contributed by atoms with Crippen molar-refractivity contribution in [2.45, 2.75) is 51.5 Å². The summed E-state index contributed by atoms with van der Waals surface area (Å²) in [5, 5.41) is 16.8. The van der Waals surface area contributed by atoms with Crippen molar-refractivity contribution in [2.24, 2.45) is 0 Å². The van der Waals surface area contributed by atoms with E-state index in [0.29, 0.717) is 19.5 Å². The number of hydrogen-bond acceptors (Lipinski definition) is 5. The summed E-state index contributed by atoms with van der Waals surface area (Å²) in [5.74, 6) is 0.790. The maximum atomic E-state index is 12.3. The van der Waals surface area contributed by atoms with Gasteiger partial charge in [0.25, 0.3) is 0 Å². The van der Waals surface area contributed by atoms with Gasteiger partial charge in [-0.25, -0.2) is 4.79 Å². The quantitative estimate of drug-likeness (QED) is 0.602. The number of rotatable bonds is 9. The Hall–Kier alpha value is -2.57. The van der Waals surface area contributed by atoms with Crippen LogP contribution in [0.1, 0.15) is 31.9 Å². The van der Waals surface area contributed by atoms with E-state index in [1.165, 1.54) is 0 Å². The van der Waals surface area contributed by atoms with Crippen LogP contribution in [-0.2, 0) is 17.7 Å². The Morgan fingerprint density at radius 2 is 1.76 bits per heavy atom. The summed E-state index contributed by atoms with van der Waals surface area (Å²) >= 11 is 0. The van der Waals surface area contributed by atoms with Gasteiger partial charge in [-0.15, -0.1) is 0 Å². The molecule has 158 valence electrons. The first kappa shape index (κ1) is 22.7. The zero-order chi connectivity index (χ0) is 21.3. The first-order chi connectivity index (χ1) is 13.8. The number of alkyl carbamates (subject to hydrolysis) is 1. The van der Waals surface area contributed by atoms with Gasteiger partial charge in [-0.1, -0.05) is 42.5 Å². The smallest absolute Gasteiger partial charge is 0.407 e. The van der Waals surface area contributed by atoms with E-state index in [9.17, 15) is 9.90 Å². The van der Waals surface area contributed by atoms with Gasteiger partial charge in [-0.2, -0.15) is 0 Å². The summed E-state index contributed by atoms with van der Waals surface area (Å²) in [6.07, 6.45) is -0.819. The van der Waals surface area contributed by atoms with Gasteiger partial charge in [-0.05, 0) is 50.5 Å². The van der Waals surface area contributed by atoms with E-state index in [-0.39, 0.29) is 0 Å². The summed E-state index contributed by atoms with van der Waals surface area (Å²) < 4.78 is 10.6. The molecular weight excluding hydrogens is 368 g/mol. The van der Waals surface area contributed by atoms with Crippen LogP contribution in [0.2, 0.25) is 0 Å². The standard InChI is InChI=1S/C23H32N2O4/c1-23(2,3)29-22(27)25-20(14-17-9-6-5-7-10-17)21(26)16-24-15-18-11-8-12-19(13-18)28-4/h5-13,20-21,24,26H,14-16H2,1-4H3,(H,25,27)/t20-,21+/m0/s1. The molecule has 29 heavy (non-hydrogen) atoms. The Morgan fingerprint density at radius 3 is 2.41 bits per heavy atom. The monoisotopic (exact) mass is 400 g/mol. The van der Waals surface area contributed by atoms with Gasteiger partial charge in [-0.3, -0.25) is 0 Å². The van der Waals surface area contributed by atoms with Gasteiger partial charge < -0.3 is 25.2 Å². The van der Waals surface area contributed by atoms with Crippen molar-refractivity contribution < 1.29 is 19.4 Å². The summed E-state index contributed by atoms with van der Waals surface area (Å²) in [4.78, 5) is 12.3. The van der Waals surface area contributed by atoms with E-state index in [1.807, 2.05) is 75.4 Å². The fourth-order valence-electron chi connectivity index (χ4n) is 2.90. The van der Waals surface area contributed by atoms with Crippen molar-refractivity contribution in [3.05, 3.63) is 65.7 Å². The maximum Gasteiger partial charge on any atom is 0.407 e. The molecule has 2 rings (SSSR count). The Balaban J connectivity index is 1.97. The number of aliphatic hydroxyl groups excluding tert-OH is 1. The molecule has 0 fully saturated rings. The van der Waals surface area contributed by atoms with Crippen LogP contribution in [0.4, 0.5) is 4.79 Å². The van der Waals surface area contributed by atoms with Gasteiger partial charge in [0.05, 0.1) is 19.3 Å². The summed E-state index contributed by atoms with van der Waals surface area (Å²) in [6, 6.07) is 17.0. The highest BCUT2D eigenvalue weighted by atomic mass is 16.6. The molecular formula is C23H32N2O4. The third-order valence-electron chi connectivity index (χ3n) is 4.28. The molecule has 6 nitrogen and oxygen atoms in total. The highest BCUT2D eigenvalue weighted by Crippen LogP contribution is 2.13. The highest BCUT2D eigenvalue weighted by Gasteiger charge is 2.24. The topological polar surface area (TPSA) is 79.8 Å². The van der Waals surface area contributed by atoms with E-state index < -0.39 is 23.8 Å². The van der Waals surface area contributed by atoms with Crippen molar-refractivity contribution in [1.29, 1.82) is 0 Å². The molecule has 1 amide bonds.